The molecular weight excluding hydrogens is 488 g/mol. The number of hydrogen-bond donors (Lipinski definition) is 0. The summed E-state index contributed by atoms with van der Waals surface area (Å²) in [5.74, 6) is 0.0465. The Kier molecular flexibility index (Phi) is 6.13. The summed E-state index contributed by atoms with van der Waals surface area (Å²) in [7, 11) is 2.76. The molecule has 39 heavy (non-hydrogen) atoms. The molecule has 6 heteroatoms. The minimum absolute atomic E-state index is 0.370. The van der Waals surface area contributed by atoms with E-state index in [0.717, 1.165) is 49.9 Å². The van der Waals surface area contributed by atoms with Gasteiger partial charge >= 0.3 is 11.9 Å². The van der Waals surface area contributed by atoms with Gasteiger partial charge in [0.25, 0.3) is 0 Å². The monoisotopic (exact) mass is 512 g/mol. The molecule has 6 aromatic rings. The largest absolute Gasteiger partial charge is 0.465 e. The lowest BCUT2D eigenvalue weighted by atomic mass is 9.99. The summed E-state index contributed by atoms with van der Waals surface area (Å²) in [4.78, 5) is 28.8. The Morgan fingerprint density at radius 2 is 1.08 bits per heavy atom. The van der Waals surface area contributed by atoms with Crippen molar-refractivity contribution in [3.8, 4) is 28.1 Å². The van der Waals surface area contributed by atoms with Crippen LogP contribution in [0.4, 0.5) is 0 Å². The van der Waals surface area contributed by atoms with E-state index in [2.05, 4.69) is 28.8 Å². The molecule has 0 N–H and O–H groups in total. The second kappa shape index (κ2) is 9.91. The first kappa shape index (κ1) is 24.1. The number of rotatable bonds is 5. The average molecular weight is 513 g/mol. The molecule has 0 radical (unpaired) electrons. The molecule has 2 heterocycles. The van der Waals surface area contributed by atoms with E-state index in [1.165, 1.54) is 14.2 Å². The molecule has 0 atom stereocenters. The quantitative estimate of drug-likeness (QED) is 0.231. The first-order valence-electron chi connectivity index (χ1n) is 12.5. The van der Waals surface area contributed by atoms with Crippen molar-refractivity contribution in [1.82, 2.24) is 9.55 Å². The lowest BCUT2D eigenvalue weighted by Gasteiger charge is -2.13. The van der Waals surface area contributed by atoms with Crippen molar-refractivity contribution < 1.29 is 19.1 Å². The van der Waals surface area contributed by atoms with Crippen molar-refractivity contribution >= 4 is 33.7 Å². The third-order valence-electron chi connectivity index (χ3n) is 6.92. The molecule has 0 aliphatic carbocycles. The maximum atomic E-state index is 12.0. The SMILES string of the molecule is COC(=O)c1ccc(-c2cccc3c4cccc(-c5ccc(C(=O)OC)cc5)c4n(-c4ccccn4)c23)cc1. The number of para-hydroxylation sites is 2. The summed E-state index contributed by atoms with van der Waals surface area (Å²) in [5.41, 5.74) is 6.98. The number of fused-ring (bicyclic) bond motifs is 3. The first-order chi connectivity index (χ1) is 19.1. The minimum Gasteiger partial charge on any atom is -0.465 e. The molecule has 0 bridgehead atoms. The molecule has 0 saturated heterocycles. The number of aromatic nitrogens is 2. The number of benzene rings is 4. The Bertz CT molecular complexity index is 1720. The van der Waals surface area contributed by atoms with Gasteiger partial charge in [0.15, 0.2) is 0 Å². The lowest BCUT2D eigenvalue weighted by Crippen LogP contribution is -2.01. The van der Waals surface area contributed by atoms with E-state index in [1.54, 1.807) is 30.5 Å². The Labute approximate surface area is 225 Å². The standard InChI is InChI=1S/C33H24N2O4/c1-38-32(36)23-16-12-21(13-17-23)25-7-5-9-27-28-10-6-8-26(22-14-18-24(19-15-22)33(37)39-2)31(28)35(30(25)27)29-11-3-4-20-34-29/h3-20H,1-2H3. The predicted molar refractivity (Wildman–Crippen MR) is 152 cm³/mol. The van der Waals surface area contributed by atoms with Crippen LogP contribution in [0.5, 0.6) is 0 Å². The zero-order chi connectivity index (χ0) is 26.9. The zero-order valence-electron chi connectivity index (χ0n) is 21.4. The van der Waals surface area contributed by atoms with Gasteiger partial charge in [0.1, 0.15) is 5.82 Å². The molecule has 6 rings (SSSR count). The summed E-state index contributed by atoms with van der Waals surface area (Å²) in [5, 5.41) is 2.16. The van der Waals surface area contributed by atoms with Crippen molar-refractivity contribution in [2.75, 3.05) is 14.2 Å². The second-order valence-corrected chi connectivity index (χ2v) is 9.06. The molecule has 0 fully saturated rings. The van der Waals surface area contributed by atoms with Crippen molar-refractivity contribution in [3.63, 3.8) is 0 Å². The van der Waals surface area contributed by atoms with Gasteiger partial charge < -0.3 is 9.47 Å². The summed E-state index contributed by atoms with van der Waals surface area (Å²) >= 11 is 0. The van der Waals surface area contributed by atoms with E-state index in [1.807, 2.05) is 54.6 Å². The molecule has 2 aromatic heterocycles. The number of pyridine rings is 1. The molecule has 0 unspecified atom stereocenters. The van der Waals surface area contributed by atoms with Crippen LogP contribution in [0.1, 0.15) is 20.7 Å². The molecule has 0 spiro atoms. The highest BCUT2D eigenvalue weighted by Gasteiger charge is 2.20. The lowest BCUT2D eigenvalue weighted by molar-refractivity contribution is 0.0592. The van der Waals surface area contributed by atoms with E-state index < -0.39 is 0 Å². The topological polar surface area (TPSA) is 70.4 Å². The van der Waals surface area contributed by atoms with Crippen LogP contribution in [0.25, 0.3) is 49.9 Å². The van der Waals surface area contributed by atoms with Gasteiger partial charge in [-0.25, -0.2) is 14.6 Å². The number of nitrogens with zero attached hydrogens (tertiary/aromatic N) is 2. The molecule has 4 aromatic carbocycles. The van der Waals surface area contributed by atoms with Crippen LogP contribution in [0.3, 0.4) is 0 Å². The van der Waals surface area contributed by atoms with Gasteiger partial charge in [-0.1, -0.05) is 66.7 Å². The number of carbonyl (C=O) groups is 2. The Hall–Kier alpha value is -5.23. The third kappa shape index (κ3) is 4.12. The predicted octanol–water partition coefficient (Wildman–Crippen LogP) is 7.09. The first-order valence-corrected chi connectivity index (χ1v) is 12.5. The highest BCUT2D eigenvalue weighted by Crippen LogP contribution is 2.41. The minimum atomic E-state index is -0.370. The van der Waals surface area contributed by atoms with Crippen LogP contribution in [0.15, 0.2) is 109 Å². The number of methoxy groups -OCH3 is 2. The maximum Gasteiger partial charge on any atom is 0.337 e. The van der Waals surface area contributed by atoms with Crippen LogP contribution >= 0.6 is 0 Å². The Balaban J connectivity index is 1.66. The van der Waals surface area contributed by atoms with Crippen LogP contribution in [0.2, 0.25) is 0 Å². The van der Waals surface area contributed by atoms with E-state index in [-0.39, 0.29) is 11.9 Å². The summed E-state index contributed by atoms with van der Waals surface area (Å²) < 4.78 is 11.9. The highest BCUT2D eigenvalue weighted by atomic mass is 16.5. The van der Waals surface area contributed by atoms with Gasteiger partial charge in [-0.3, -0.25) is 4.57 Å². The molecular formula is C33H24N2O4. The fourth-order valence-electron chi connectivity index (χ4n) is 5.10. The molecule has 0 amide bonds. The van der Waals surface area contributed by atoms with E-state index >= 15 is 0 Å². The molecule has 6 nitrogen and oxygen atoms in total. The van der Waals surface area contributed by atoms with Gasteiger partial charge in [-0.2, -0.15) is 0 Å². The fourth-order valence-corrected chi connectivity index (χ4v) is 5.10. The van der Waals surface area contributed by atoms with Crippen LogP contribution in [-0.4, -0.2) is 35.7 Å². The number of carbonyl (C=O) groups excluding carboxylic acids is 2. The Morgan fingerprint density at radius 3 is 1.49 bits per heavy atom. The molecule has 0 aliphatic heterocycles. The normalized spacial score (nSPS) is 11.0. The van der Waals surface area contributed by atoms with E-state index in [0.29, 0.717) is 11.1 Å². The highest BCUT2D eigenvalue weighted by molar-refractivity contribution is 6.17. The summed E-state index contributed by atoms with van der Waals surface area (Å²) in [6, 6.07) is 33.2. The van der Waals surface area contributed by atoms with E-state index in [9.17, 15) is 9.59 Å². The molecule has 190 valence electrons. The van der Waals surface area contributed by atoms with Gasteiger partial charge in [-0.05, 0) is 47.5 Å². The maximum absolute atomic E-state index is 12.0. The van der Waals surface area contributed by atoms with Crippen molar-refractivity contribution in [2.45, 2.75) is 0 Å². The number of ether oxygens (including phenoxy) is 2. The van der Waals surface area contributed by atoms with Crippen molar-refractivity contribution in [2.24, 2.45) is 0 Å². The molecule has 0 saturated carbocycles. The summed E-state index contributed by atoms with van der Waals surface area (Å²) in [6.45, 7) is 0. The average Bonchev–Trinajstić information content (AvgIpc) is 3.36. The number of esters is 2. The van der Waals surface area contributed by atoms with Gasteiger partial charge in [0.05, 0.1) is 36.4 Å². The summed E-state index contributed by atoms with van der Waals surface area (Å²) in [6.07, 6.45) is 1.79. The van der Waals surface area contributed by atoms with Gasteiger partial charge in [0, 0.05) is 28.1 Å². The smallest absolute Gasteiger partial charge is 0.337 e. The van der Waals surface area contributed by atoms with Crippen molar-refractivity contribution in [3.05, 3.63) is 120 Å². The molecule has 0 aliphatic rings. The van der Waals surface area contributed by atoms with Crippen LogP contribution in [0, 0.1) is 0 Å². The fraction of sp³-hybridized carbons (Fsp3) is 0.0606. The second-order valence-electron chi connectivity index (χ2n) is 9.06. The van der Waals surface area contributed by atoms with Crippen molar-refractivity contribution in [1.29, 1.82) is 0 Å². The van der Waals surface area contributed by atoms with Gasteiger partial charge in [0.2, 0.25) is 0 Å². The third-order valence-corrected chi connectivity index (χ3v) is 6.92. The van der Waals surface area contributed by atoms with Crippen LogP contribution < -0.4 is 0 Å². The number of hydrogen-bond acceptors (Lipinski definition) is 5. The zero-order valence-corrected chi connectivity index (χ0v) is 21.4. The Morgan fingerprint density at radius 1 is 0.590 bits per heavy atom. The van der Waals surface area contributed by atoms with E-state index in [4.69, 9.17) is 14.5 Å². The van der Waals surface area contributed by atoms with Gasteiger partial charge in [-0.15, -0.1) is 0 Å². The van der Waals surface area contributed by atoms with Crippen LogP contribution in [-0.2, 0) is 9.47 Å².